The number of nitrogens with one attached hydrogen (secondary N) is 1. The molecule has 2 nitrogen and oxygen atoms in total. The average molecular weight is 289 g/mol. The third kappa shape index (κ3) is 2.67. The van der Waals surface area contributed by atoms with E-state index in [0.29, 0.717) is 14.8 Å². The van der Waals surface area contributed by atoms with Crippen molar-refractivity contribution in [3.8, 4) is 0 Å². The summed E-state index contributed by atoms with van der Waals surface area (Å²) >= 11 is 17.4. The quantitative estimate of drug-likeness (QED) is 0.728. The Kier molecular flexibility index (Phi) is 3.27. The summed E-state index contributed by atoms with van der Waals surface area (Å²) in [5.41, 5.74) is 2.08. The first kappa shape index (κ1) is 12.9. The average Bonchev–Trinajstić information content (AvgIpc) is 2.43. The number of rotatable bonds is 1. The molecule has 17 heavy (non-hydrogen) atoms. The van der Waals surface area contributed by atoms with Gasteiger partial charge in [-0.05, 0) is 29.8 Å². The number of H-pyrrole nitrogens is 1. The van der Waals surface area contributed by atoms with Crippen LogP contribution in [0.3, 0.4) is 0 Å². The van der Waals surface area contributed by atoms with Gasteiger partial charge in [-0.15, -0.1) is 0 Å². The van der Waals surface area contributed by atoms with Crippen LogP contribution in [-0.4, -0.2) is 9.55 Å². The van der Waals surface area contributed by atoms with Gasteiger partial charge >= 0.3 is 0 Å². The van der Waals surface area contributed by atoms with Gasteiger partial charge in [-0.2, -0.15) is 0 Å². The normalized spacial score (nSPS) is 12.3. The van der Waals surface area contributed by atoms with E-state index in [-0.39, 0.29) is 5.41 Å². The molecule has 0 amide bonds. The van der Waals surface area contributed by atoms with E-state index >= 15 is 0 Å². The monoisotopic (exact) mass is 288 g/mol. The number of aromatic nitrogens is 2. The summed E-state index contributed by atoms with van der Waals surface area (Å²) in [5, 5.41) is 1.09. The molecule has 0 atom stereocenters. The molecule has 0 bridgehead atoms. The van der Waals surface area contributed by atoms with Crippen LogP contribution in [0.4, 0.5) is 0 Å². The largest absolute Gasteiger partial charge is 0.331 e. The van der Waals surface area contributed by atoms with Gasteiger partial charge in [-0.25, -0.2) is 0 Å². The first-order valence-corrected chi connectivity index (χ1v) is 6.52. The summed E-state index contributed by atoms with van der Waals surface area (Å²) in [6.45, 7) is 7.35. The molecule has 92 valence electrons. The Hall–Kier alpha value is -0.510. The zero-order valence-electron chi connectivity index (χ0n) is 9.97. The Morgan fingerprint density at radius 1 is 1.24 bits per heavy atom. The summed E-state index contributed by atoms with van der Waals surface area (Å²) in [6.07, 6.45) is 0. The molecule has 0 radical (unpaired) electrons. The van der Waals surface area contributed by atoms with Crippen molar-refractivity contribution >= 4 is 46.5 Å². The minimum Gasteiger partial charge on any atom is -0.331 e. The Morgan fingerprint density at radius 3 is 2.41 bits per heavy atom. The van der Waals surface area contributed by atoms with Gasteiger partial charge in [0.15, 0.2) is 4.77 Å². The van der Waals surface area contributed by atoms with Crippen molar-refractivity contribution in [3.05, 3.63) is 26.9 Å². The van der Waals surface area contributed by atoms with Crippen molar-refractivity contribution in [3.63, 3.8) is 0 Å². The molecule has 0 aliphatic heterocycles. The fourth-order valence-electron chi connectivity index (χ4n) is 1.78. The van der Waals surface area contributed by atoms with Gasteiger partial charge in [0, 0.05) is 6.54 Å². The fourth-order valence-corrected chi connectivity index (χ4v) is 2.38. The number of benzene rings is 1. The van der Waals surface area contributed by atoms with E-state index in [1.807, 2.05) is 12.1 Å². The molecule has 2 aromatic rings. The van der Waals surface area contributed by atoms with Crippen molar-refractivity contribution in [2.24, 2.45) is 5.41 Å². The summed E-state index contributed by atoms with van der Waals surface area (Å²) in [7, 11) is 0. The molecular weight excluding hydrogens is 275 g/mol. The lowest BCUT2D eigenvalue weighted by Crippen LogP contribution is -2.15. The Morgan fingerprint density at radius 2 is 1.82 bits per heavy atom. The fraction of sp³-hybridized carbons (Fsp3) is 0.417. The third-order valence-corrected chi connectivity index (χ3v) is 3.49. The van der Waals surface area contributed by atoms with E-state index in [0.717, 1.165) is 17.6 Å². The van der Waals surface area contributed by atoms with Gasteiger partial charge in [0.25, 0.3) is 0 Å². The molecule has 2 rings (SSSR count). The maximum Gasteiger partial charge on any atom is 0.178 e. The van der Waals surface area contributed by atoms with Crippen LogP contribution in [0.2, 0.25) is 10.0 Å². The molecule has 0 spiro atoms. The SMILES string of the molecule is CC(C)(C)Cn1c(=S)[nH]c2cc(Cl)c(Cl)cc21. The van der Waals surface area contributed by atoms with Crippen molar-refractivity contribution in [2.75, 3.05) is 0 Å². The zero-order valence-corrected chi connectivity index (χ0v) is 12.3. The second-order valence-corrected chi connectivity index (χ2v) is 6.56. The predicted molar refractivity (Wildman–Crippen MR) is 76.6 cm³/mol. The number of hydrogen-bond donors (Lipinski definition) is 1. The zero-order chi connectivity index (χ0) is 12.8. The topological polar surface area (TPSA) is 20.7 Å². The Labute approximate surface area is 116 Å². The van der Waals surface area contributed by atoms with Gasteiger partial charge in [0.05, 0.1) is 21.1 Å². The van der Waals surface area contributed by atoms with Crippen LogP contribution < -0.4 is 0 Å². The number of halogens is 2. The van der Waals surface area contributed by atoms with Crippen LogP contribution in [0, 0.1) is 10.2 Å². The molecule has 0 unspecified atom stereocenters. The van der Waals surface area contributed by atoms with Gasteiger partial charge in [-0.3, -0.25) is 0 Å². The molecule has 5 heteroatoms. The van der Waals surface area contributed by atoms with Crippen molar-refractivity contribution in [1.82, 2.24) is 9.55 Å². The van der Waals surface area contributed by atoms with Crippen LogP contribution in [-0.2, 0) is 6.54 Å². The first-order chi connectivity index (χ1) is 7.78. The summed E-state index contributed by atoms with van der Waals surface area (Å²) in [5.74, 6) is 0. The minimum atomic E-state index is 0.152. The molecule has 1 N–H and O–H groups in total. The van der Waals surface area contributed by atoms with Crippen molar-refractivity contribution < 1.29 is 0 Å². The third-order valence-electron chi connectivity index (χ3n) is 2.45. The Balaban J connectivity index is 2.67. The van der Waals surface area contributed by atoms with Gasteiger partial charge < -0.3 is 9.55 Å². The van der Waals surface area contributed by atoms with Gasteiger partial charge in [0.1, 0.15) is 0 Å². The number of aromatic amines is 1. The highest BCUT2D eigenvalue weighted by Crippen LogP contribution is 2.29. The smallest absolute Gasteiger partial charge is 0.178 e. The molecule has 0 saturated carbocycles. The number of imidazole rings is 1. The standard InChI is InChI=1S/C12H14Cl2N2S/c1-12(2,3)6-16-10-5-8(14)7(13)4-9(10)15-11(16)17/h4-5H,6H2,1-3H3,(H,15,17). The van der Waals surface area contributed by atoms with E-state index in [1.165, 1.54) is 0 Å². The van der Waals surface area contributed by atoms with Gasteiger partial charge in [0.2, 0.25) is 0 Å². The molecule has 0 fully saturated rings. The summed E-state index contributed by atoms with van der Waals surface area (Å²) in [4.78, 5) is 3.15. The van der Waals surface area contributed by atoms with E-state index in [4.69, 9.17) is 35.4 Å². The molecule has 1 aromatic carbocycles. The molecule has 0 aliphatic carbocycles. The second-order valence-electron chi connectivity index (χ2n) is 5.36. The predicted octanol–water partition coefficient (Wildman–Crippen LogP) is 5.05. The van der Waals surface area contributed by atoms with Crippen LogP contribution in [0.1, 0.15) is 20.8 Å². The van der Waals surface area contributed by atoms with E-state index in [1.54, 1.807) is 0 Å². The summed E-state index contributed by atoms with van der Waals surface area (Å²) < 4.78 is 2.76. The number of hydrogen-bond acceptors (Lipinski definition) is 1. The lowest BCUT2D eigenvalue weighted by Gasteiger charge is -2.19. The number of nitrogens with zero attached hydrogens (tertiary/aromatic N) is 1. The molecule has 0 saturated heterocycles. The van der Waals surface area contributed by atoms with E-state index in [2.05, 4.69) is 30.3 Å². The second kappa shape index (κ2) is 4.30. The molecule has 1 heterocycles. The van der Waals surface area contributed by atoms with Crippen molar-refractivity contribution in [1.29, 1.82) is 0 Å². The van der Waals surface area contributed by atoms with Crippen LogP contribution >= 0.6 is 35.4 Å². The van der Waals surface area contributed by atoms with Crippen LogP contribution in [0.15, 0.2) is 12.1 Å². The number of fused-ring (bicyclic) bond motifs is 1. The Bertz CT molecular complexity index is 620. The lowest BCUT2D eigenvalue weighted by molar-refractivity contribution is 0.346. The minimum absolute atomic E-state index is 0.152. The highest BCUT2D eigenvalue weighted by molar-refractivity contribution is 7.71. The highest BCUT2D eigenvalue weighted by Gasteiger charge is 2.15. The van der Waals surface area contributed by atoms with E-state index < -0.39 is 0 Å². The van der Waals surface area contributed by atoms with Gasteiger partial charge in [-0.1, -0.05) is 44.0 Å². The molecule has 1 aromatic heterocycles. The van der Waals surface area contributed by atoms with Crippen LogP contribution in [0.5, 0.6) is 0 Å². The first-order valence-electron chi connectivity index (χ1n) is 5.35. The maximum absolute atomic E-state index is 6.05. The van der Waals surface area contributed by atoms with Crippen LogP contribution in [0.25, 0.3) is 11.0 Å². The highest BCUT2D eigenvalue weighted by atomic mass is 35.5. The van der Waals surface area contributed by atoms with E-state index in [9.17, 15) is 0 Å². The lowest BCUT2D eigenvalue weighted by atomic mass is 9.97. The van der Waals surface area contributed by atoms with Crippen molar-refractivity contribution in [2.45, 2.75) is 27.3 Å². The molecule has 0 aliphatic rings. The summed E-state index contributed by atoms with van der Waals surface area (Å²) in [6, 6.07) is 3.67. The molecular formula is C12H14Cl2N2S. The maximum atomic E-state index is 6.05.